The molecule has 1 unspecified atom stereocenters. The van der Waals surface area contributed by atoms with Gasteiger partial charge in [-0.05, 0) is 118 Å². The van der Waals surface area contributed by atoms with Crippen molar-refractivity contribution in [3.63, 3.8) is 0 Å². The van der Waals surface area contributed by atoms with Gasteiger partial charge in [0.05, 0.1) is 17.8 Å². The number of carbonyl (C=O) groups is 1. The summed E-state index contributed by atoms with van der Waals surface area (Å²) >= 11 is 0. The second-order valence-electron chi connectivity index (χ2n) is 12.5. The molecule has 0 saturated heterocycles. The van der Waals surface area contributed by atoms with E-state index in [1.807, 2.05) is 0 Å². The highest BCUT2D eigenvalue weighted by Crippen LogP contribution is 2.65. The fourth-order valence-electron chi connectivity index (χ4n) is 9.28. The van der Waals surface area contributed by atoms with Gasteiger partial charge in [0.15, 0.2) is 0 Å². The Balaban J connectivity index is 1.26. The molecule has 4 fully saturated rings. The van der Waals surface area contributed by atoms with Crippen LogP contribution in [-0.2, 0) is 4.74 Å². The van der Waals surface area contributed by atoms with Crippen molar-refractivity contribution in [2.24, 2.45) is 40.9 Å². The number of carbonyl (C=O) groups excluding carboxylic acids is 1. The highest BCUT2D eigenvalue weighted by atomic mass is 19.1. The molecule has 5 rings (SSSR count). The molecule has 4 aliphatic carbocycles. The lowest BCUT2D eigenvalue weighted by Gasteiger charge is -2.57. The minimum atomic E-state index is -0.813. The van der Waals surface area contributed by atoms with Gasteiger partial charge in [-0.25, -0.2) is 8.78 Å². The molecule has 4 saturated carbocycles. The van der Waals surface area contributed by atoms with Crippen molar-refractivity contribution in [1.29, 1.82) is 0 Å². The largest absolute Gasteiger partial charge is 0.387 e. The van der Waals surface area contributed by atoms with Crippen molar-refractivity contribution in [3.05, 3.63) is 35.4 Å². The molecule has 0 radical (unpaired) electrons. The molecule has 1 aromatic carbocycles. The number of hydrogen-bond donors (Lipinski definition) is 2. The van der Waals surface area contributed by atoms with Gasteiger partial charge in [0, 0.05) is 19.2 Å². The smallest absolute Gasteiger partial charge is 0.254 e. The van der Waals surface area contributed by atoms with E-state index in [9.17, 15) is 18.7 Å². The Morgan fingerprint density at radius 3 is 2.63 bits per heavy atom. The summed E-state index contributed by atoms with van der Waals surface area (Å²) in [6, 6.07) is 3.07. The second-order valence-corrected chi connectivity index (χ2v) is 12.5. The first-order valence-corrected chi connectivity index (χ1v) is 13.6. The molecule has 0 bridgehead atoms. The van der Waals surface area contributed by atoms with Gasteiger partial charge >= 0.3 is 0 Å². The zero-order valence-corrected chi connectivity index (χ0v) is 21.4. The van der Waals surface area contributed by atoms with Gasteiger partial charge in [0.25, 0.3) is 5.91 Å². The lowest BCUT2D eigenvalue weighted by atomic mass is 9.48. The molecule has 0 heterocycles. The summed E-state index contributed by atoms with van der Waals surface area (Å²) in [5.41, 5.74) is -0.569. The predicted octanol–water partition coefficient (Wildman–Crippen LogP) is 5.73. The van der Waals surface area contributed by atoms with Crippen LogP contribution in [0, 0.1) is 52.6 Å². The number of fused-ring (bicyclic) bond motifs is 5. The molecule has 194 valence electrons. The molecule has 4 aliphatic rings. The molecule has 4 nitrogen and oxygen atoms in total. The molecule has 35 heavy (non-hydrogen) atoms. The van der Waals surface area contributed by atoms with Crippen LogP contribution >= 0.6 is 0 Å². The lowest BCUT2D eigenvalue weighted by molar-refractivity contribution is -0.125. The zero-order chi connectivity index (χ0) is 25.0. The molecule has 0 aromatic heterocycles. The van der Waals surface area contributed by atoms with E-state index >= 15 is 0 Å². The van der Waals surface area contributed by atoms with Crippen LogP contribution in [0.5, 0.6) is 0 Å². The molecular formula is C29H41F2NO3. The zero-order valence-electron chi connectivity index (χ0n) is 21.4. The molecule has 1 amide bonds. The van der Waals surface area contributed by atoms with Gasteiger partial charge in [0.2, 0.25) is 0 Å². The Labute approximate surface area is 208 Å². The summed E-state index contributed by atoms with van der Waals surface area (Å²) in [6.07, 6.45) is 9.94. The third-order valence-corrected chi connectivity index (χ3v) is 10.7. The molecule has 1 aromatic rings. The second kappa shape index (κ2) is 9.41. The van der Waals surface area contributed by atoms with Crippen molar-refractivity contribution >= 4 is 5.91 Å². The average molecular weight is 490 g/mol. The quantitative estimate of drug-likeness (QED) is 0.555. The minimum Gasteiger partial charge on any atom is -0.387 e. The standard InChI is InChI=1S/C29H41F2NO3/c1-17(32-27(33)23-7-5-19(30)14-26(23)31)24-8-9-25-22-6-4-18-15-29(34,16-35-3)13-11-20(18)21(22)10-12-28(24,25)2/h5,7,14,17-18,20-22,24-25,34H,4,6,8-13,15-16H2,1-3H3,(H,32,33)/t17-,18-,20+,21-,22-,24?,25+,28-,29-/m1/s1. The van der Waals surface area contributed by atoms with Crippen LogP contribution < -0.4 is 5.32 Å². The van der Waals surface area contributed by atoms with E-state index < -0.39 is 23.1 Å². The van der Waals surface area contributed by atoms with Gasteiger partial charge in [-0.15, -0.1) is 0 Å². The van der Waals surface area contributed by atoms with E-state index in [1.54, 1.807) is 7.11 Å². The third kappa shape index (κ3) is 4.43. The predicted molar refractivity (Wildman–Crippen MR) is 131 cm³/mol. The number of hydrogen-bond acceptors (Lipinski definition) is 3. The number of benzene rings is 1. The summed E-state index contributed by atoms with van der Waals surface area (Å²) < 4.78 is 32.8. The fraction of sp³-hybridized carbons (Fsp3) is 0.759. The van der Waals surface area contributed by atoms with Crippen LogP contribution in [0.3, 0.4) is 0 Å². The Morgan fingerprint density at radius 1 is 1.11 bits per heavy atom. The van der Waals surface area contributed by atoms with Crippen molar-refractivity contribution in [3.8, 4) is 0 Å². The van der Waals surface area contributed by atoms with E-state index in [-0.39, 0.29) is 17.0 Å². The normalized spacial score (nSPS) is 41.4. The number of halogens is 2. The molecule has 2 N–H and O–H groups in total. The topological polar surface area (TPSA) is 58.6 Å². The van der Waals surface area contributed by atoms with Crippen molar-refractivity contribution in [2.75, 3.05) is 13.7 Å². The summed E-state index contributed by atoms with van der Waals surface area (Å²) in [4.78, 5) is 12.8. The Bertz CT molecular complexity index is 956. The summed E-state index contributed by atoms with van der Waals surface area (Å²) in [7, 11) is 1.68. The first-order chi connectivity index (χ1) is 16.6. The van der Waals surface area contributed by atoms with E-state index in [0.29, 0.717) is 30.3 Å². The maximum Gasteiger partial charge on any atom is 0.254 e. The SMILES string of the molecule is COC[C@@]1(O)CC[C@H]2[C@H](CC[C@@H]3[C@@H]2CC[C@]2(C)C([C@@H](C)NC(=O)c4ccc(F)cc4F)CC[C@@H]32)C1. The molecule has 0 spiro atoms. The summed E-state index contributed by atoms with van der Waals surface area (Å²) in [6.45, 7) is 4.92. The van der Waals surface area contributed by atoms with Gasteiger partial charge in [-0.3, -0.25) is 4.79 Å². The van der Waals surface area contributed by atoms with E-state index in [0.717, 1.165) is 49.7 Å². The Hall–Kier alpha value is -1.53. The number of methoxy groups -OCH3 is 1. The maximum absolute atomic E-state index is 14.2. The number of ether oxygens (including phenoxy) is 1. The first-order valence-electron chi connectivity index (χ1n) is 13.6. The van der Waals surface area contributed by atoms with Crippen LogP contribution in [0.25, 0.3) is 0 Å². The average Bonchev–Trinajstić information content (AvgIpc) is 3.16. The van der Waals surface area contributed by atoms with Gasteiger partial charge in [-0.1, -0.05) is 6.92 Å². The van der Waals surface area contributed by atoms with E-state index in [1.165, 1.54) is 38.2 Å². The van der Waals surface area contributed by atoms with E-state index in [4.69, 9.17) is 4.74 Å². The van der Waals surface area contributed by atoms with Crippen molar-refractivity contribution < 1.29 is 23.4 Å². The Morgan fingerprint density at radius 2 is 1.89 bits per heavy atom. The summed E-state index contributed by atoms with van der Waals surface area (Å²) in [5, 5.41) is 14.0. The van der Waals surface area contributed by atoms with E-state index in [2.05, 4.69) is 19.2 Å². The monoisotopic (exact) mass is 489 g/mol. The molecule has 0 aliphatic heterocycles. The van der Waals surface area contributed by atoms with Crippen LogP contribution in [0.2, 0.25) is 0 Å². The van der Waals surface area contributed by atoms with Crippen LogP contribution in [0.15, 0.2) is 18.2 Å². The Kier molecular flexibility index (Phi) is 6.75. The van der Waals surface area contributed by atoms with Crippen LogP contribution in [0.4, 0.5) is 8.78 Å². The highest BCUT2D eigenvalue weighted by Gasteiger charge is 2.58. The first kappa shape index (κ1) is 25.1. The minimum absolute atomic E-state index is 0.0615. The van der Waals surface area contributed by atoms with Gasteiger partial charge in [0.1, 0.15) is 11.6 Å². The highest BCUT2D eigenvalue weighted by molar-refractivity contribution is 5.94. The molecular weight excluding hydrogens is 448 g/mol. The fourth-order valence-corrected chi connectivity index (χ4v) is 9.28. The molecule has 9 atom stereocenters. The maximum atomic E-state index is 14.2. The number of nitrogens with one attached hydrogen (secondary N) is 1. The number of amides is 1. The lowest BCUT2D eigenvalue weighted by Crippen LogP contribution is -2.53. The van der Waals surface area contributed by atoms with Gasteiger partial charge in [-0.2, -0.15) is 0 Å². The number of aliphatic hydroxyl groups is 1. The van der Waals surface area contributed by atoms with Crippen molar-refractivity contribution in [2.45, 2.75) is 83.3 Å². The van der Waals surface area contributed by atoms with Crippen LogP contribution in [0.1, 0.15) is 82.0 Å². The summed E-state index contributed by atoms with van der Waals surface area (Å²) in [5.74, 6) is 1.87. The van der Waals surface area contributed by atoms with Crippen molar-refractivity contribution in [1.82, 2.24) is 5.32 Å². The van der Waals surface area contributed by atoms with Gasteiger partial charge < -0.3 is 15.2 Å². The number of rotatable bonds is 5. The van der Waals surface area contributed by atoms with Crippen LogP contribution in [-0.4, -0.2) is 36.4 Å². The molecule has 6 heteroatoms. The third-order valence-electron chi connectivity index (χ3n) is 10.7.